The number of aromatic nitrogens is 1. The molecule has 3 nitrogen and oxygen atoms in total. The monoisotopic (exact) mass is 180 g/mol. The van der Waals surface area contributed by atoms with Gasteiger partial charge in [0.05, 0.1) is 5.60 Å². The van der Waals surface area contributed by atoms with Crippen molar-refractivity contribution < 1.29 is 5.11 Å². The molecule has 0 aliphatic heterocycles. The Morgan fingerprint density at radius 2 is 2.08 bits per heavy atom. The van der Waals surface area contributed by atoms with Crippen LogP contribution in [-0.2, 0) is 6.42 Å². The summed E-state index contributed by atoms with van der Waals surface area (Å²) in [6.07, 6.45) is 3.99. The van der Waals surface area contributed by atoms with Crippen LogP contribution in [0.3, 0.4) is 0 Å². The van der Waals surface area contributed by atoms with Gasteiger partial charge in [0.1, 0.15) is 0 Å². The van der Waals surface area contributed by atoms with Gasteiger partial charge in [-0.25, -0.2) is 0 Å². The number of hydrogen-bond donors (Lipinski definition) is 2. The van der Waals surface area contributed by atoms with Gasteiger partial charge in [-0.1, -0.05) is 0 Å². The largest absolute Gasteiger partial charge is 0.388 e. The number of aliphatic hydroxyl groups is 1. The van der Waals surface area contributed by atoms with Crippen molar-refractivity contribution in [3.8, 4) is 0 Å². The predicted octanol–water partition coefficient (Wildman–Crippen LogP) is 0.722. The van der Waals surface area contributed by atoms with Crippen LogP contribution in [0.2, 0.25) is 0 Å². The van der Waals surface area contributed by atoms with Crippen LogP contribution in [0.4, 0.5) is 0 Å². The number of pyridine rings is 1. The summed E-state index contributed by atoms with van der Waals surface area (Å²) >= 11 is 0. The zero-order valence-corrected chi connectivity index (χ0v) is 8.07. The summed E-state index contributed by atoms with van der Waals surface area (Å²) in [5, 5.41) is 9.90. The fourth-order valence-corrected chi connectivity index (χ4v) is 1.07. The maximum atomic E-state index is 9.90. The van der Waals surface area contributed by atoms with Crippen LogP contribution >= 0.6 is 0 Å². The fraction of sp³-hybridized carbons (Fsp3) is 0.500. The molecule has 1 heterocycles. The van der Waals surface area contributed by atoms with Gasteiger partial charge in [0, 0.05) is 24.9 Å². The molecule has 1 aromatic rings. The SMILES string of the molecule is CC(N)C(C)(O)Cc1ccncc1. The molecule has 0 fully saturated rings. The summed E-state index contributed by atoms with van der Waals surface area (Å²) in [5.74, 6) is 0. The third kappa shape index (κ3) is 2.79. The van der Waals surface area contributed by atoms with Crippen LogP contribution in [0.15, 0.2) is 24.5 Å². The molecule has 0 saturated heterocycles. The first kappa shape index (κ1) is 10.2. The lowest BCUT2D eigenvalue weighted by atomic mass is 9.91. The van der Waals surface area contributed by atoms with Crippen molar-refractivity contribution in [1.29, 1.82) is 0 Å². The van der Waals surface area contributed by atoms with E-state index in [9.17, 15) is 5.11 Å². The Morgan fingerprint density at radius 1 is 1.54 bits per heavy atom. The van der Waals surface area contributed by atoms with Gasteiger partial charge in [0.25, 0.3) is 0 Å². The van der Waals surface area contributed by atoms with Crippen LogP contribution in [0, 0.1) is 0 Å². The highest BCUT2D eigenvalue weighted by Crippen LogP contribution is 2.14. The molecule has 3 heteroatoms. The molecule has 0 saturated carbocycles. The molecule has 0 aromatic carbocycles. The van der Waals surface area contributed by atoms with Gasteiger partial charge < -0.3 is 10.8 Å². The minimum absolute atomic E-state index is 0.235. The van der Waals surface area contributed by atoms with Gasteiger partial charge in [-0.2, -0.15) is 0 Å². The van der Waals surface area contributed by atoms with Crippen molar-refractivity contribution in [2.45, 2.75) is 31.9 Å². The van der Waals surface area contributed by atoms with Gasteiger partial charge in [0.15, 0.2) is 0 Å². The Labute approximate surface area is 78.6 Å². The lowest BCUT2D eigenvalue weighted by Crippen LogP contribution is -2.45. The number of nitrogens with two attached hydrogens (primary N) is 1. The number of hydrogen-bond acceptors (Lipinski definition) is 3. The van der Waals surface area contributed by atoms with E-state index in [0.29, 0.717) is 6.42 Å². The van der Waals surface area contributed by atoms with E-state index in [2.05, 4.69) is 4.98 Å². The maximum absolute atomic E-state index is 9.90. The molecule has 0 amide bonds. The normalized spacial score (nSPS) is 17.8. The molecule has 13 heavy (non-hydrogen) atoms. The van der Waals surface area contributed by atoms with Crippen molar-refractivity contribution in [1.82, 2.24) is 4.98 Å². The van der Waals surface area contributed by atoms with E-state index in [1.165, 1.54) is 0 Å². The van der Waals surface area contributed by atoms with E-state index in [1.807, 2.05) is 12.1 Å². The Bertz CT molecular complexity index is 257. The van der Waals surface area contributed by atoms with E-state index in [1.54, 1.807) is 26.2 Å². The molecule has 1 rings (SSSR count). The number of rotatable bonds is 3. The summed E-state index contributed by atoms with van der Waals surface area (Å²) in [6.45, 7) is 3.55. The Balaban J connectivity index is 2.69. The molecule has 1 aromatic heterocycles. The van der Waals surface area contributed by atoms with Gasteiger partial charge in [-0.05, 0) is 31.5 Å². The maximum Gasteiger partial charge on any atom is 0.0807 e. The molecule has 0 aliphatic rings. The highest BCUT2D eigenvalue weighted by Gasteiger charge is 2.25. The van der Waals surface area contributed by atoms with E-state index in [0.717, 1.165) is 5.56 Å². The van der Waals surface area contributed by atoms with E-state index < -0.39 is 5.60 Å². The van der Waals surface area contributed by atoms with Gasteiger partial charge in [-0.15, -0.1) is 0 Å². The first-order valence-electron chi connectivity index (χ1n) is 4.39. The third-order valence-electron chi connectivity index (χ3n) is 2.29. The van der Waals surface area contributed by atoms with Crippen molar-refractivity contribution in [3.63, 3.8) is 0 Å². The minimum Gasteiger partial charge on any atom is -0.388 e. The average Bonchev–Trinajstić information content (AvgIpc) is 2.05. The van der Waals surface area contributed by atoms with Crippen LogP contribution < -0.4 is 5.73 Å². The molecular weight excluding hydrogens is 164 g/mol. The number of nitrogens with zero attached hydrogens (tertiary/aromatic N) is 1. The second-order valence-electron chi connectivity index (χ2n) is 3.68. The third-order valence-corrected chi connectivity index (χ3v) is 2.29. The van der Waals surface area contributed by atoms with Crippen molar-refractivity contribution >= 4 is 0 Å². The van der Waals surface area contributed by atoms with Crippen LogP contribution in [0.25, 0.3) is 0 Å². The summed E-state index contributed by atoms with van der Waals surface area (Å²) in [5.41, 5.74) is 5.86. The second kappa shape index (κ2) is 3.85. The summed E-state index contributed by atoms with van der Waals surface area (Å²) in [6, 6.07) is 3.54. The van der Waals surface area contributed by atoms with Crippen molar-refractivity contribution in [3.05, 3.63) is 30.1 Å². The molecule has 0 spiro atoms. The summed E-state index contributed by atoms with van der Waals surface area (Å²) < 4.78 is 0. The van der Waals surface area contributed by atoms with Crippen molar-refractivity contribution in [2.75, 3.05) is 0 Å². The fourth-order valence-electron chi connectivity index (χ4n) is 1.07. The van der Waals surface area contributed by atoms with Crippen molar-refractivity contribution in [2.24, 2.45) is 5.73 Å². The molecule has 2 unspecified atom stereocenters. The quantitative estimate of drug-likeness (QED) is 0.720. The summed E-state index contributed by atoms with van der Waals surface area (Å²) in [7, 11) is 0. The zero-order chi connectivity index (χ0) is 9.90. The van der Waals surface area contributed by atoms with Gasteiger partial charge in [0.2, 0.25) is 0 Å². The first-order valence-corrected chi connectivity index (χ1v) is 4.39. The standard InChI is InChI=1S/C10H16N2O/c1-8(11)10(2,13)7-9-3-5-12-6-4-9/h3-6,8,13H,7,11H2,1-2H3. The molecular formula is C10H16N2O. The van der Waals surface area contributed by atoms with Crippen LogP contribution in [-0.4, -0.2) is 21.7 Å². The Morgan fingerprint density at radius 3 is 2.54 bits per heavy atom. The van der Waals surface area contributed by atoms with E-state index in [4.69, 9.17) is 5.73 Å². The zero-order valence-electron chi connectivity index (χ0n) is 8.07. The highest BCUT2D eigenvalue weighted by molar-refractivity contribution is 5.13. The predicted molar refractivity (Wildman–Crippen MR) is 52.2 cm³/mol. The first-order chi connectivity index (χ1) is 6.02. The molecule has 3 N–H and O–H groups in total. The molecule has 2 atom stereocenters. The molecule has 72 valence electrons. The molecule has 0 radical (unpaired) electrons. The van der Waals surface area contributed by atoms with E-state index in [-0.39, 0.29) is 6.04 Å². The Hall–Kier alpha value is -0.930. The highest BCUT2D eigenvalue weighted by atomic mass is 16.3. The summed E-state index contributed by atoms with van der Waals surface area (Å²) in [4.78, 5) is 3.91. The lowest BCUT2D eigenvalue weighted by molar-refractivity contribution is 0.0389. The Kier molecular flexibility index (Phi) is 3.01. The topological polar surface area (TPSA) is 59.1 Å². The second-order valence-corrected chi connectivity index (χ2v) is 3.68. The average molecular weight is 180 g/mol. The van der Waals surface area contributed by atoms with Crippen LogP contribution in [0.1, 0.15) is 19.4 Å². The smallest absolute Gasteiger partial charge is 0.0807 e. The van der Waals surface area contributed by atoms with E-state index >= 15 is 0 Å². The minimum atomic E-state index is -0.846. The van der Waals surface area contributed by atoms with Gasteiger partial charge in [-0.3, -0.25) is 4.98 Å². The lowest BCUT2D eigenvalue weighted by Gasteiger charge is -2.27. The molecule has 0 bridgehead atoms. The van der Waals surface area contributed by atoms with Gasteiger partial charge >= 0.3 is 0 Å². The van der Waals surface area contributed by atoms with Crippen LogP contribution in [0.5, 0.6) is 0 Å². The molecule has 0 aliphatic carbocycles.